The molecule has 0 aliphatic heterocycles. The van der Waals surface area contributed by atoms with E-state index in [0.717, 1.165) is 17.5 Å². The maximum Gasteiger partial charge on any atom is 0.296 e. The molecule has 0 saturated carbocycles. The highest BCUT2D eigenvalue weighted by Gasteiger charge is 2.38. The second kappa shape index (κ2) is 11.1. The molecule has 0 fully saturated rings. The largest absolute Gasteiger partial charge is 0.296 e. The minimum Gasteiger partial charge on any atom is -0.266 e. The summed E-state index contributed by atoms with van der Waals surface area (Å²) in [4.78, 5) is 0.144. The molecule has 184 valence electrons. The van der Waals surface area contributed by atoms with Crippen LogP contribution in [0.1, 0.15) is 51.7 Å². The fraction of sp³-hybridized carbons (Fsp3) is 0.520. The molecule has 2 rings (SSSR count). The number of rotatable bonds is 12. The summed E-state index contributed by atoms with van der Waals surface area (Å²) in [5, 5.41) is 0. The summed E-state index contributed by atoms with van der Waals surface area (Å²) in [6.45, 7) is 11.4. The Labute approximate surface area is 199 Å². The summed E-state index contributed by atoms with van der Waals surface area (Å²) >= 11 is 0. The quantitative estimate of drug-likeness (QED) is 0.361. The summed E-state index contributed by atoms with van der Waals surface area (Å²) in [5.74, 6) is 0.267. The topological polar surface area (TPSA) is 86.7 Å². The lowest BCUT2D eigenvalue weighted by Gasteiger charge is -2.37. The van der Waals surface area contributed by atoms with Crippen molar-refractivity contribution in [2.24, 2.45) is 17.3 Å². The Morgan fingerprint density at radius 3 is 1.36 bits per heavy atom. The van der Waals surface area contributed by atoms with Crippen LogP contribution >= 0.6 is 0 Å². The molecule has 0 bridgehead atoms. The molecule has 2 aromatic carbocycles. The van der Waals surface area contributed by atoms with Crippen LogP contribution in [-0.2, 0) is 28.6 Å². The summed E-state index contributed by atoms with van der Waals surface area (Å²) in [6, 6.07) is 12.9. The monoisotopic (exact) mass is 496 g/mol. The molecule has 0 aliphatic carbocycles. The minimum absolute atomic E-state index is 0.0720. The van der Waals surface area contributed by atoms with Crippen LogP contribution in [0.4, 0.5) is 0 Å². The maximum absolute atomic E-state index is 12.8. The first-order valence-electron chi connectivity index (χ1n) is 11.2. The van der Waals surface area contributed by atoms with Gasteiger partial charge in [-0.3, -0.25) is 8.37 Å². The van der Waals surface area contributed by atoms with Crippen molar-refractivity contribution in [2.45, 2.75) is 64.2 Å². The lowest BCUT2D eigenvalue weighted by molar-refractivity contribution is 0.0293. The fourth-order valence-corrected chi connectivity index (χ4v) is 5.31. The Morgan fingerprint density at radius 1 is 0.697 bits per heavy atom. The van der Waals surface area contributed by atoms with Gasteiger partial charge in [0.25, 0.3) is 20.2 Å². The normalized spacial score (nSPS) is 13.1. The van der Waals surface area contributed by atoms with Gasteiger partial charge in [-0.05, 0) is 56.4 Å². The van der Waals surface area contributed by atoms with Crippen molar-refractivity contribution in [1.29, 1.82) is 0 Å². The van der Waals surface area contributed by atoms with Gasteiger partial charge in [-0.2, -0.15) is 16.8 Å². The molecule has 0 atom stereocenters. The van der Waals surface area contributed by atoms with E-state index in [9.17, 15) is 16.8 Å². The first-order valence-corrected chi connectivity index (χ1v) is 14.0. The zero-order valence-corrected chi connectivity index (χ0v) is 22.0. The zero-order valence-electron chi connectivity index (χ0n) is 20.4. The predicted octanol–water partition coefficient (Wildman–Crippen LogP) is 5.49. The van der Waals surface area contributed by atoms with E-state index in [2.05, 4.69) is 13.8 Å². The van der Waals surface area contributed by atoms with Crippen LogP contribution in [-0.4, -0.2) is 30.0 Å². The highest BCUT2D eigenvalue weighted by atomic mass is 32.2. The van der Waals surface area contributed by atoms with Crippen LogP contribution in [0.5, 0.6) is 0 Å². The van der Waals surface area contributed by atoms with E-state index in [1.165, 1.54) is 24.3 Å². The second-order valence-electron chi connectivity index (χ2n) is 9.51. The Balaban J connectivity index is 2.29. The molecule has 0 aliphatic rings. The van der Waals surface area contributed by atoms with Gasteiger partial charge >= 0.3 is 0 Å². The van der Waals surface area contributed by atoms with Crippen molar-refractivity contribution >= 4 is 20.2 Å². The van der Waals surface area contributed by atoms with E-state index >= 15 is 0 Å². The molecule has 0 heterocycles. The number of benzene rings is 2. The van der Waals surface area contributed by atoms with Crippen molar-refractivity contribution < 1.29 is 25.2 Å². The number of aryl methyl sites for hydroxylation is 2. The lowest BCUT2D eigenvalue weighted by Crippen LogP contribution is -2.39. The molecule has 0 radical (unpaired) electrons. The standard InChI is InChI=1S/C25H36O6S2/c1-19(2)15-16-25(20(3)4,17-30-32(26,27)23-11-7-21(5)8-12-23)18-31-33(28,29)24-13-9-22(6)10-14-24/h7-14,19-20H,15-18H2,1-6H3. The molecular formula is C25H36O6S2. The average Bonchev–Trinajstić information content (AvgIpc) is 2.73. The third-order valence-corrected chi connectivity index (χ3v) is 8.62. The van der Waals surface area contributed by atoms with Crippen molar-refractivity contribution in [1.82, 2.24) is 0 Å². The molecule has 0 N–H and O–H groups in total. The summed E-state index contributed by atoms with van der Waals surface area (Å²) in [7, 11) is -8.00. The van der Waals surface area contributed by atoms with Crippen molar-refractivity contribution in [3.63, 3.8) is 0 Å². The van der Waals surface area contributed by atoms with Gasteiger partial charge in [0.2, 0.25) is 0 Å². The number of hydrogen-bond donors (Lipinski definition) is 0. The highest BCUT2D eigenvalue weighted by Crippen LogP contribution is 2.37. The van der Waals surface area contributed by atoms with Gasteiger partial charge < -0.3 is 0 Å². The van der Waals surface area contributed by atoms with Gasteiger partial charge in [-0.1, -0.05) is 69.5 Å². The molecule has 2 aromatic rings. The number of hydrogen-bond acceptors (Lipinski definition) is 6. The molecule has 0 aromatic heterocycles. The van der Waals surface area contributed by atoms with Crippen LogP contribution in [0.15, 0.2) is 58.3 Å². The Hall–Kier alpha value is -1.74. The van der Waals surface area contributed by atoms with E-state index in [-0.39, 0.29) is 28.9 Å². The Morgan fingerprint density at radius 2 is 1.06 bits per heavy atom. The van der Waals surface area contributed by atoms with E-state index < -0.39 is 25.7 Å². The minimum atomic E-state index is -4.00. The van der Waals surface area contributed by atoms with Crippen LogP contribution in [0.25, 0.3) is 0 Å². The van der Waals surface area contributed by atoms with Crippen molar-refractivity contribution in [3.8, 4) is 0 Å². The van der Waals surface area contributed by atoms with Gasteiger partial charge in [0.15, 0.2) is 0 Å². The zero-order chi connectivity index (χ0) is 24.9. The lowest BCUT2D eigenvalue weighted by atomic mass is 9.74. The molecule has 0 amide bonds. The summed E-state index contributed by atoms with van der Waals surface area (Å²) < 4.78 is 62.3. The summed E-state index contributed by atoms with van der Waals surface area (Å²) in [6.07, 6.45) is 1.34. The maximum atomic E-state index is 12.8. The molecule has 33 heavy (non-hydrogen) atoms. The van der Waals surface area contributed by atoms with Gasteiger partial charge in [0.05, 0.1) is 23.0 Å². The SMILES string of the molecule is Cc1ccc(S(=O)(=O)OCC(CCC(C)C)(COS(=O)(=O)c2ccc(C)cc2)C(C)C)cc1. The molecule has 6 nitrogen and oxygen atoms in total. The van der Waals surface area contributed by atoms with Gasteiger partial charge in [-0.25, -0.2) is 0 Å². The van der Waals surface area contributed by atoms with Gasteiger partial charge in [-0.15, -0.1) is 0 Å². The van der Waals surface area contributed by atoms with E-state index in [4.69, 9.17) is 8.37 Å². The molecule has 8 heteroatoms. The van der Waals surface area contributed by atoms with E-state index in [1.807, 2.05) is 27.7 Å². The first kappa shape index (κ1) is 27.5. The third kappa shape index (κ3) is 7.64. The molecule has 0 saturated heterocycles. The fourth-order valence-electron chi connectivity index (χ4n) is 3.32. The van der Waals surface area contributed by atoms with E-state index in [0.29, 0.717) is 12.3 Å². The Kier molecular flexibility index (Phi) is 9.27. The van der Waals surface area contributed by atoms with Crippen LogP contribution in [0.3, 0.4) is 0 Å². The first-order chi connectivity index (χ1) is 15.3. The predicted molar refractivity (Wildman–Crippen MR) is 130 cm³/mol. The van der Waals surface area contributed by atoms with Crippen molar-refractivity contribution in [2.75, 3.05) is 13.2 Å². The third-order valence-electron chi connectivity index (χ3n) is 6.07. The van der Waals surface area contributed by atoms with E-state index in [1.54, 1.807) is 24.3 Å². The Bertz CT molecular complexity index is 1020. The molecule has 0 unspecified atom stereocenters. The average molecular weight is 497 g/mol. The summed E-state index contributed by atoms with van der Waals surface area (Å²) in [5.41, 5.74) is 1.08. The smallest absolute Gasteiger partial charge is 0.266 e. The van der Waals surface area contributed by atoms with Crippen LogP contribution in [0.2, 0.25) is 0 Å². The molecular weight excluding hydrogens is 460 g/mol. The van der Waals surface area contributed by atoms with Crippen LogP contribution in [0, 0.1) is 31.1 Å². The second-order valence-corrected chi connectivity index (χ2v) is 12.7. The van der Waals surface area contributed by atoms with Gasteiger partial charge in [0, 0.05) is 5.41 Å². The highest BCUT2D eigenvalue weighted by molar-refractivity contribution is 7.87. The van der Waals surface area contributed by atoms with Gasteiger partial charge in [0.1, 0.15) is 0 Å². The van der Waals surface area contributed by atoms with Crippen LogP contribution < -0.4 is 0 Å². The molecule has 0 spiro atoms. The van der Waals surface area contributed by atoms with Crippen molar-refractivity contribution in [3.05, 3.63) is 59.7 Å².